The van der Waals surface area contributed by atoms with Crippen molar-refractivity contribution in [2.45, 2.75) is 6.61 Å². The Kier molecular flexibility index (Phi) is 6.17. The molecule has 5 rings (SSSR count). The molecule has 0 aromatic heterocycles. The Morgan fingerprint density at radius 2 is 1.57 bits per heavy atom. The topological polar surface area (TPSA) is 119 Å². The van der Waals surface area contributed by atoms with Crippen LogP contribution in [0.2, 0.25) is 0 Å². The first-order chi connectivity index (χ1) is 17.9. The standard InChI is InChI=1S/C28H19N3O6/c32-26-24(27(33)30(28(34)29-26)20-11-13-21(14-12-20)31(35)36)16-23-22-9-5-4-8-19(22)10-15-25(23)37-17-18-6-2-1-3-7-18/h1-16H,17H2,(H,29,32,34)/b24-16+. The molecule has 9 heteroatoms. The number of rotatable bonds is 6. The molecule has 182 valence electrons. The first kappa shape index (κ1) is 23.4. The number of anilines is 1. The zero-order valence-electron chi connectivity index (χ0n) is 19.3. The SMILES string of the molecule is O=C1NC(=O)N(c2ccc([N+](=O)[O-])cc2)C(=O)/C1=C/c1c(OCc2ccccc2)ccc2ccccc12. The number of nitro benzene ring substituents is 1. The van der Waals surface area contributed by atoms with Gasteiger partial charge in [0.25, 0.3) is 17.5 Å². The van der Waals surface area contributed by atoms with Gasteiger partial charge in [-0.1, -0.05) is 60.7 Å². The molecule has 4 aromatic rings. The van der Waals surface area contributed by atoms with Gasteiger partial charge in [0.15, 0.2) is 0 Å². The predicted molar refractivity (Wildman–Crippen MR) is 137 cm³/mol. The highest BCUT2D eigenvalue weighted by molar-refractivity contribution is 6.39. The van der Waals surface area contributed by atoms with E-state index in [1.807, 2.05) is 60.7 Å². The van der Waals surface area contributed by atoms with Crippen molar-refractivity contribution in [1.29, 1.82) is 0 Å². The van der Waals surface area contributed by atoms with Crippen LogP contribution in [0.1, 0.15) is 11.1 Å². The summed E-state index contributed by atoms with van der Waals surface area (Å²) in [7, 11) is 0. The van der Waals surface area contributed by atoms with Crippen molar-refractivity contribution in [3.05, 3.63) is 118 Å². The number of ether oxygens (including phenoxy) is 1. The first-order valence-corrected chi connectivity index (χ1v) is 11.3. The number of urea groups is 1. The van der Waals surface area contributed by atoms with Crippen molar-refractivity contribution < 1.29 is 24.0 Å². The number of hydrogen-bond donors (Lipinski definition) is 1. The molecule has 1 aliphatic heterocycles. The summed E-state index contributed by atoms with van der Waals surface area (Å²) in [6, 6.07) is 24.6. The Morgan fingerprint density at radius 1 is 0.865 bits per heavy atom. The van der Waals surface area contributed by atoms with E-state index >= 15 is 0 Å². The minimum atomic E-state index is -0.945. The van der Waals surface area contributed by atoms with E-state index in [0.717, 1.165) is 21.2 Å². The molecule has 0 bridgehead atoms. The summed E-state index contributed by atoms with van der Waals surface area (Å²) in [6.45, 7) is 0.267. The van der Waals surface area contributed by atoms with Gasteiger partial charge in [0.05, 0.1) is 10.6 Å². The molecule has 1 N–H and O–H groups in total. The monoisotopic (exact) mass is 493 g/mol. The van der Waals surface area contributed by atoms with E-state index in [9.17, 15) is 24.5 Å². The molecule has 37 heavy (non-hydrogen) atoms. The van der Waals surface area contributed by atoms with Crippen LogP contribution >= 0.6 is 0 Å². The third-order valence-electron chi connectivity index (χ3n) is 5.88. The lowest BCUT2D eigenvalue weighted by atomic mass is 9.99. The lowest BCUT2D eigenvalue weighted by Crippen LogP contribution is -2.54. The van der Waals surface area contributed by atoms with E-state index < -0.39 is 22.8 Å². The van der Waals surface area contributed by atoms with Crippen molar-refractivity contribution in [2.24, 2.45) is 0 Å². The highest BCUT2D eigenvalue weighted by Gasteiger charge is 2.37. The van der Waals surface area contributed by atoms with E-state index in [-0.39, 0.29) is 23.6 Å². The van der Waals surface area contributed by atoms with Gasteiger partial charge in [0, 0.05) is 17.7 Å². The van der Waals surface area contributed by atoms with Gasteiger partial charge in [-0.3, -0.25) is 25.0 Å². The zero-order chi connectivity index (χ0) is 25.9. The van der Waals surface area contributed by atoms with Crippen LogP contribution < -0.4 is 15.0 Å². The second-order valence-electron chi connectivity index (χ2n) is 8.20. The number of barbiturate groups is 1. The molecule has 0 radical (unpaired) electrons. The van der Waals surface area contributed by atoms with Crippen LogP contribution in [0.3, 0.4) is 0 Å². The molecule has 0 saturated carbocycles. The van der Waals surface area contributed by atoms with Crippen molar-refractivity contribution in [1.82, 2.24) is 5.32 Å². The number of nitrogens with one attached hydrogen (secondary N) is 1. The normalized spacial score (nSPS) is 14.6. The number of carbonyl (C=O) groups is 3. The molecule has 1 aliphatic rings. The lowest BCUT2D eigenvalue weighted by Gasteiger charge is -2.26. The molecule has 4 amide bonds. The molecular weight excluding hydrogens is 474 g/mol. The van der Waals surface area contributed by atoms with Gasteiger partial charge in [-0.25, -0.2) is 9.69 Å². The van der Waals surface area contributed by atoms with Crippen LogP contribution in [0.15, 0.2) is 96.6 Å². The van der Waals surface area contributed by atoms with E-state index in [4.69, 9.17) is 4.74 Å². The summed E-state index contributed by atoms with van der Waals surface area (Å²) in [5.74, 6) is -1.26. The predicted octanol–water partition coefficient (Wildman–Crippen LogP) is 4.99. The van der Waals surface area contributed by atoms with Crippen LogP contribution in [0.5, 0.6) is 5.75 Å². The van der Waals surface area contributed by atoms with E-state index in [2.05, 4.69) is 5.32 Å². The van der Waals surface area contributed by atoms with Gasteiger partial charge in [-0.05, 0) is 40.6 Å². The van der Waals surface area contributed by atoms with Crippen LogP contribution in [-0.4, -0.2) is 22.8 Å². The second kappa shape index (κ2) is 9.74. The van der Waals surface area contributed by atoms with Gasteiger partial charge in [-0.15, -0.1) is 0 Å². The fourth-order valence-corrected chi connectivity index (χ4v) is 4.05. The number of hydrogen-bond acceptors (Lipinski definition) is 6. The van der Waals surface area contributed by atoms with E-state index in [1.54, 1.807) is 6.07 Å². The molecule has 0 unspecified atom stereocenters. The maximum atomic E-state index is 13.4. The lowest BCUT2D eigenvalue weighted by molar-refractivity contribution is -0.384. The minimum Gasteiger partial charge on any atom is -0.488 e. The van der Waals surface area contributed by atoms with Crippen LogP contribution in [-0.2, 0) is 16.2 Å². The average molecular weight is 493 g/mol. The molecule has 9 nitrogen and oxygen atoms in total. The number of nitro groups is 1. The molecule has 1 fully saturated rings. The Labute approximate surface area is 210 Å². The first-order valence-electron chi connectivity index (χ1n) is 11.3. The van der Waals surface area contributed by atoms with Gasteiger partial charge >= 0.3 is 6.03 Å². The smallest absolute Gasteiger partial charge is 0.335 e. The van der Waals surface area contributed by atoms with Crippen molar-refractivity contribution in [3.63, 3.8) is 0 Å². The van der Waals surface area contributed by atoms with Gasteiger partial charge in [0.1, 0.15) is 17.9 Å². The fraction of sp³-hybridized carbons (Fsp3) is 0.0357. The number of nitrogens with zero attached hydrogens (tertiary/aromatic N) is 2. The fourth-order valence-electron chi connectivity index (χ4n) is 4.05. The molecule has 0 spiro atoms. The molecule has 0 atom stereocenters. The summed E-state index contributed by atoms with van der Waals surface area (Å²) >= 11 is 0. The molecule has 1 heterocycles. The quantitative estimate of drug-likeness (QED) is 0.175. The summed E-state index contributed by atoms with van der Waals surface area (Å²) in [5.41, 5.74) is 1.06. The minimum absolute atomic E-state index is 0.0879. The van der Waals surface area contributed by atoms with Gasteiger partial charge in [0.2, 0.25) is 0 Å². The van der Waals surface area contributed by atoms with Crippen molar-refractivity contribution >= 4 is 46.1 Å². The number of amides is 4. The molecular formula is C28H19N3O6. The second-order valence-corrected chi connectivity index (χ2v) is 8.20. The summed E-state index contributed by atoms with van der Waals surface area (Å²) in [6.07, 6.45) is 1.41. The van der Waals surface area contributed by atoms with E-state index in [0.29, 0.717) is 11.3 Å². The molecule has 0 aliphatic carbocycles. The van der Waals surface area contributed by atoms with Crippen molar-refractivity contribution in [2.75, 3.05) is 4.90 Å². The highest BCUT2D eigenvalue weighted by Crippen LogP contribution is 2.32. The number of non-ortho nitro benzene ring substituents is 1. The number of benzene rings is 4. The maximum Gasteiger partial charge on any atom is 0.335 e. The third kappa shape index (κ3) is 4.65. The highest BCUT2D eigenvalue weighted by atomic mass is 16.6. The Morgan fingerprint density at radius 3 is 2.30 bits per heavy atom. The van der Waals surface area contributed by atoms with E-state index in [1.165, 1.54) is 30.3 Å². The number of fused-ring (bicyclic) bond motifs is 1. The largest absolute Gasteiger partial charge is 0.488 e. The van der Waals surface area contributed by atoms with Crippen LogP contribution in [0.4, 0.5) is 16.2 Å². The number of imide groups is 2. The van der Waals surface area contributed by atoms with Crippen LogP contribution in [0.25, 0.3) is 16.8 Å². The van der Waals surface area contributed by atoms with Gasteiger partial charge < -0.3 is 4.74 Å². The third-order valence-corrected chi connectivity index (χ3v) is 5.88. The molecule has 4 aromatic carbocycles. The molecule has 1 saturated heterocycles. The summed E-state index contributed by atoms with van der Waals surface area (Å²) in [5, 5.41) is 14.8. The number of carbonyl (C=O) groups excluding carboxylic acids is 3. The van der Waals surface area contributed by atoms with Gasteiger partial charge in [-0.2, -0.15) is 0 Å². The van der Waals surface area contributed by atoms with Crippen LogP contribution in [0, 0.1) is 10.1 Å². The zero-order valence-corrected chi connectivity index (χ0v) is 19.3. The average Bonchev–Trinajstić information content (AvgIpc) is 2.91. The Balaban J connectivity index is 1.56. The Hall–Kier alpha value is -5.31. The van der Waals surface area contributed by atoms with Crippen molar-refractivity contribution in [3.8, 4) is 5.75 Å². The summed E-state index contributed by atoms with van der Waals surface area (Å²) in [4.78, 5) is 49.9. The maximum absolute atomic E-state index is 13.4. The summed E-state index contributed by atoms with van der Waals surface area (Å²) < 4.78 is 6.08. The Bertz CT molecular complexity index is 1580.